The lowest BCUT2D eigenvalue weighted by molar-refractivity contribution is 0.405. The first-order chi connectivity index (χ1) is 13.2. The van der Waals surface area contributed by atoms with E-state index in [-0.39, 0.29) is 22.3 Å². The van der Waals surface area contributed by atoms with Crippen LogP contribution in [0.5, 0.6) is 0 Å². The molecule has 4 fully saturated rings. The molecule has 3 atom stereocenters. The second-order valence-corrected chi connectivity index (χ2v) is 9.06. The molecule has 4 rings (SSSR count). The first-order valence-electron chi connectivity index (χ1n) is 12.0. The molecule has 0 bridgehead atoms. The van der Waals surface area contributed by atoms with Gasteiger partial charge in [0.25, 0.3) is 0 Å². The van der Waals surface area contributed by atoms with E-state index >= 15 is 0 Å². The van der Waals surface area contributed by atoms with Crippen molar-refractivity contribution >= 4 is 0 Å². The molecule has 4 heterocycles. The van der Waals surface area contributed by atoms with Crippen LogP contribution in [0.3, 0.4) is 0 Å². The Morgan fingerprint density at radius 3 is 1.10 bits per heavy atom. The highest BCUT2D eigenvalue weighted by Gasteiger charge is 2.06. The third-order valence-electron chi connectivity index (χ3n) is 5.85. The van der Waals surface area contributed by atoms with Crippen molar-refractivity contribution in [2.75, 3.05) is 45.8 Å². The number of rotatable bonds is 0. The van der Waals surface area contributed by atoms with Crippen LogP contribution in [-0.4, -0.2) is 51.9 Å². The van der Waals surface area contributed by atoms with Gasteiger partial charge in [0.15, 0.2) is 0 Å². The number of hydrogen-bond donors (Lipinski definition) is 4. The van der Waals surface area contributed by atoms with Crippen LogP contribution in [0.4, 0.5) is 0 Å². The highest BCUT2D eigenvalue weighted by Crippen LogP contribution is 2.07. The Labute approximate surface area is 192 Å². The third kappa shape index (κ3) is 22.5. The van der Waals surface area contributed by atoms with Crippen LogP contribution in [0.2, 0.25) is 0 Å². The molecule has 30 heavy (non-hydrogen) atoms. The van der Waals surface area contributed by atoms with E-state index in [1.54, 1.807) is 0 Å². The van der Waals surface area contributed by atoms with Crippen molar-refractivity contribution in [2.24, 2.45) is 11.8 Å². The van der Waals surface area contributed by atoms with E-state index < -0.39 is 0 Å². The van der Waals surface area contributed by atoms with Gasteiger partial charge in [-0.2, -0.15) is 0 Å². The molecule has 0 aromatic carbocycles. The lowest BCUT2D eigenvalue weighted by Crippen LogP contribution is -2.30. The zero-order valence-electron chi connectivity index (χ0n) is 18.8. The Bertz CT molecular complexity index is 240. The first-order valence-corrected chi connectivity index (χ1v) is 12.0. The zero-order chi connectivity index (χ0) is 19.6. The summed E-state index contributed by atoms with van der Waals surface area (Å²) in [6.45, 7) is 15.5. The molecule has 4 saturated heterocycles. The Balaban J connectivity index is -0.000000314. The minimum Gasteiger partial charge on any atom is -0.317 e. The second kappa shape index (κ2) is 25.1. The molecule has 186 valence electrons. The largest absolute Gasteiger partial charge is 0.317 e. The van der Waals surface area contributed by atoms with E-state index in [2.05, 4.69) is 42.0 Å². The Hall–Kier alpha value is -0.160. The third-order valence-corrected chi connectivity index (χ3v) is 5.85. The second-order valence-electron chi connectivity index (χ2n) is 9.06. The molecule has 4 heteroatoms. The van der Waals surface area contributed by atoms with Gasteiger partial charge in [0, 0.05) is 6.04 Å². The summed E-state index contributed by atoms with van der Waals surface area (Å²) in [5.74, 6) is 1.85. The molecule has 4 nitrogen and oxygen atoms in total. The summed E-state index contributed by atoms with van der Waals surface area (Å²) in [6, 6.07) is 0.786. The van der Waals surface area contributed by atoms with E-state index in [1.165, 1.54) is 110 Å². The topological polar surface area (TPSA) is 48.1 Å². The van der Waals surface area contributed by atoms with E-state index in [1.807, 2.05) is 0 Å². The molecular formula is C26H62N4. The zero-order valence-corrected chi connectivity index (χ0v) is 18.8. The summed E-state index contributed by atoms with van der Waals surface area (Å²) in [5, 5.41) is 13.3. The maximum absolute atomic E-state index is 3.38. The van der Waals surface area contributed by atoms with Crippen LogP contribution in [0.15, 0.2) is 0 Å². The molecule has 4 aliphatic rings. The number of hydrogen-bond acceptors (Lipinski definition) is 4. The van der Waals surface area contributed by atoms with Gasteiger partial charge in [0.2, 0.25) is 0 Å². The van der Waals surface area contributed by atoms with Gasteiger partial charge < -0.3 is 21.3 Å². The van der Waals surface area contributed by atoms with Crippen LogP contribution < -0.4 is 21.3 Å². The average molecular weight is 431 g/mol. The summed E-state index contributed by atoms with van der Waals surface area (Å²) in [6.07, 6.45) is 14.0. The van der Waals surface area contributed by atoms with Crippen molar-refractivity contribution in [3.8, 4) is 0 Å². The lowest BCUT2D eigenvalue weighted by atomic mass is 10.0. The lowest BCUT2D eigenvalue weighted by Gasteiger charge is -2.18. The molecule has 4 N–H and O–H groups in total. The van der Waals surface area contributed by atoms with Gasteiger partial charge in [0.1, 0.15) is 0 Å². The maximum atomic E-state index is 3.38. The van der Waals surface area contributed by atoms with Gasteiger partial charge in [-0.3, -0.25) is 0 Å². The molecule has 0 unspecified atom stereocenters. The molecule has 0 saturated carbocycles. The van der Waals surface area contributed by atoms with Crippen LogP contribution >= 0.6 is 0 Å². The summed E-state index contributed by atoms with van der Waals surface area (Å²) in [5.41, 5.74) is 0. The fraction of sp³-hybridized carbons (Fsp3) is 1.00. The van der Waals surface area contributed by atoms with Crippen molar-refractivity contribution in [3.63, 3.8) is 0 Å². The van der Waals surface area contributed by atoms with E-state index in [4.69, 9.17) is 0 Å². The summed E-state index contributed by atoms with van der Waals surface area (Å²) in [7, 11) is 0. The van der Waals surface area contributed by atoms with E-state index in [9.17, 15) is 0 Å². The summed E-state index contributed by atoms with van der Waals surface area (Å²) >= 11 is 0. The Morgan fingerprint density at radius 2 is 0.933 bits per heavy atom. The maximum Gasteiger partial charge on any atom is 0.00387 e. The van der Waals surface area contributed by atoms with Gasteiger partial charge in [-0.05, 0) is 116 Å². The van der Waals surface area contributed by atoms with Crippen molar-refractivity contribution in [1.29, 1.82) is 0 Å². The molecule has 0 aromatic heterocycles. The Kier molecular flexibility index (Phi) is 28.8. The van der Waals surface area contributed by atoms with Gasteiger partial charge in [-0.15, -0.1) is 0 Å². The highest BCUT2D eigenvalue weighted by molar-refractivity contribution is 4.66. The van der Waals surface area contributed by atoms with Gasteiger partial charge in [0.05, 0.1) is 0 Å². The fourth-order valence-electron chi connectivity index (χ4n) is 3.88. The highest BCUT2D eigenvalue weighted by atomic mass is 14.9. The van der Waals surface area contributed by atoms with Crippen LogP contribution in [0.1, 0.15) is 107 Å². The van der Waals surface area contributed by atoms with E-state index in [0.29, 0.717) is 0 Å². The van der Waals surface area contributed by atoms with Crippen molar-refractivity contribution in [3.05, 3.63) is 0 Å². The minimum atomic E-state index is 0. The Morgan fingerprint density at radius 1 is 0.467 bits per heavy atom. The molecule has 0 radical (unpaired) electrons. The predicted molar refractivity (Wildman–Crippen MR) is 141 cm³/mol. The molecule has 0 aromatic rings. The molecule has 0 aliphatic carbocycles. The molecule has 4 aliphatic heterocycles. The summed E-state index contributed by atoms with van der Waals surface area (Å²) < 4.78 is 0. The quantitative estimate of drug-likeness (QED) is 0.390. The molecule has 0 spiro atoms. The van der Waals surface area contributed by atoms with Crippen molar-refractivity contribution < 1.29 is 0 Å². The molecule has 0 amide bonds. The fourth-order valence-corrected chi connectivity index (χ4v) is 3.88. The number of nitrogens with one attached hydrogen (secondary N) is 4. The normalized spacial score (nSPS) is 27.9. The predicted octanol–water partition coefficient (Wildman–Crippen LogP) is 5.83. The van der Waals surface area contributed by atoms with E-state index in [0.717, 1.165) is 17.9 Å². The van der Waals surface area contributed by atoms with Gasteiger partial charge in [-0.25, -0.2) is 0 Å². The monoisotopic (exact) mass is 430 g/mol. The minimum absolute atomic E-state index is 0. The summed E-state index contributed by atoms with van der Waals surface area (Å²) in [4.78, 5) is 0. The molecular weight excluding hydrogens is 368 g/mol. The first kappa shape index (κ1) is 34.5. The van der Waals surface area contributed by atoms with Gasteiger partial charge in [-0.1, -0.05) is 49.0 Å². The smallest absolute Gasteiger partial charge is 0.00387 e. The number of piperidine rings is 4. The van der Waals surface area contributed by atoms with Crippen molar-refractivity contribution in [2.45, 2.75) is 113 Å². The SMILES string of the molecule is C.C.C.C1CCNCC1.C[C@@H]1CCCNC1.C[C@H]1CCCCN1.C[C@H]1CCCNC1. The van der Waals surface area contributed by atoms with Crippen LogP contribution in [0.25, 0.3) is 0 Å². The van der Waals surface area contributed by atoms with Gasteiger partial charge >= 0.3 is 0 Å². The van der Waals surface area contributed by atoms with Crippen LogP contribution in [-0.2, 0) is 0 Å². The van der Waals surface area contributed by atoms with Crippen LogP contribution in [0, 0.1) is 11.8 Å². The van der Waals surface area contributed by atoms with Crippen molar-refractivity contribution in [1.82, 2.24) is 21.3 Å². The standard InChI is InChI=1S/3C6H13N.C5H11N.3CH4/c2*1-6-3-2-4-7-5-6;1-6-4-2-3-5-7-6;1-2-4-6-5-3-1;;;/h3*6-7H,2-5H2,1H3;6H,1-5H2;3*1H4/t3*6-;;;;/m100..../s1. The average Bonchev–Trinajstić information content (AvgIpc) is 2.73.